The van der Waals surface area contributed by atoms with E-state index in [1.54, 1.807) is 24.1 Å². The van der Waals surface area contributed by atoms with E-state index in [9.17, 15) is 4.79 Å². The van der Waals surface area contributed by atoms with Crippen molar-refractivity contribution in [2.45, 2.75) is 26.9 Å². The van der Waals surface area contributed by atoms with Crippen LogP contribution in [0.15, 0.2) is 54.6 Å². The molecular weight excluding hydrogens is 350 g/mol. The van der Waals surface area contributed by atoms with Crippen molar-refractivity contribution in [3.8, 4) is 11.8 Å². The van der Waals surface area contributed by atoms with Gasteiger partial charge in [-0.25, -0.2) is 9.48 Å². The summed E-state index contributed by atoms with van der Waals surface area (Å²) in [5.74, 6) is 0. The first-order valence-electron chi connectivity index (χ1n) is 9.08. The summed E-state index contributed by atoms with van der Waals surface area (Å²) in [6.45, 7) is 4.80. The fraction of sp³-hybridized carbons (Fsp3) is 0.227. The van der Waals surface area contributed by atoms with Crippen molar-refractivity contribution in [2.24, 2.45) is 0 Å². The van der Waals surface area contributed by atoms with Crippen LogP contribution in [0.5, 0.6) is 0 Å². The normalized spacial score (nSPS) is 10.4. The maximum atomic E-state index is 12.5. The Morgan fingerprint density at radius 2 is 1.93 bits per heavy atom. The molecule has 0 radical (unpaired) electrons. The van der Waals surface area contributed by atoms with Gasteiger partial charge in [-0.3, -0.25) is 0 Å². The van der Waals surface area contributed by atoms with Crippen LogP contribution in [0.4, 0.5) is 4.79 Å². The van der Waals surface area contributed by atoms with Crippen molar-refractivity contribution in [1.82, 2.24) is 20.0 Å². The third-order valence-electron chi connectivity index (χ3n) is 4.68. The smallest absolute Gasteiger partial charge is 0.317 e. The highest BCUT2D eigenvalue weighted by atomic mass is 16.2. The molecule has 0 aliphatic heterocycles. The standard InChI is InChI=1S/C22H23N5O/c1-16-21(17(2)27(25-16)20-10-5-4-6-11-20)14-24-22(28)26(3)15-19-9-7-8-18(12-19)13-23/h4-12H,14-15H2,1-3H3,(H,24,28). The van der Waals surface area contributed by atoms with Gasteiger partial charge in [-0.1, -0.05) is 30.3 Å². The number of nitrogens with zero attached hydrogens (tertiary/aromatic N) is 4. The summed E-state index contributed by atoms with van der Waals surface area (Å²) in [6, 6.07) is 19.1. The van der Waals surface area contributed by atoms with Crippen molar-refractivity contribution in [2.75, 3.05) is 7.05 Å². The van der Waals surface area contributed by atoms with E-state index in [4.69, 9.17) is 5.26 Å². The number of hydrogen-bond acceptors (Lipinski definition) is 3. The molecule has 3 rings (SSSR count). The minimum absolute atomic E-state index is 0.173. The molecule has 1 aromatic heterocycles. The number of carbonyl (C=O) groups excluding carboxylic acids is 1. The van der Waals surface area contributed by atoms with Crippen molar-refractivity contribution in [1.29, 1.82) is 5.26 Å². The van der Waals surface area contributed by atoms with Gasteiger partial charge < -0.3 is 10.2 Å². The number of benzene rings is 2. The molecule has 0 aliphatic rings. The van der Waals surface area contributed by atoms with Crippen LogP contribution in [0, 0.1) is 25.2 Å². The van der Waals surface area contributed by atoms with Crippen LogP contribution in [-0.4, -0.2) is 27.8 Å². The van der Waals surface area contributed by atoms with E-state index in [0.717, 1.165) is 28.2 Å². The second-order valence-electron chi connectivity index (χ2n) is 6.72. The Hall–Kier alpha value is -3.59. The molecule has 28 heavy (non-hydrogen) atoms. The van der Waals surface area contributed by atoms with Crippen LogP contribution in [0.25, 0.3) is 5.69 Å². The Bertz CT molecular complexity index is 1020. The number of nitrogens with one attached hydrogen (secondary N) is 1. The number of amides is 2. The van der Waals surface area contributed by atoms with E-state index in [0.29, 0.717) is 18.7 Å². The van der Waals surface area contributed by atoms with E-state index in [1.165, 1.54) is 0 Å². The summed E-state index contributed by atoms with van der Waals surface area (Å²) < 4.78 is 1.90. The van der Waals surface area contributed by atoms with Crippen LogP contribution in [0.1, 0.15) is 28.1 Å². The van der Waals surface area contributed by atoms with Crippen LogP contribution in [0.2, 0.25) is 0 Å². The Morgan fingerprint density at radius 1 is 1.18 bits per heavy atom. The topological polar surface area (TPSA) is 74.0 Å². The molecule has 3 aromatic rings. The zero-order valence-corrected chi connectivity index (χ0v) is 16.3. The molecule has 2 aromatic carbocycles. The molecule has 0 atom stereocenters. The van der Waals surface area contributed by atoms with E-state index < -0.39 is 0 Å². The maximum absolute atomic E-state index is 12.5. The first-order valence-corrected chi connectivity index (χ1v) is 9.08. The third-order valence-corrected chi connectivity index (χ3v) is 4.68. The zero-order chi connectivity index (χ0) is 20.1. The molecule has 0 fully saturated rings. The maximum Gasteiger partial charge on any atom is 0.317 e. The molecule has 6 heteroatoms. The number of aryl methyl sites for hydroxylation is 1. The first-order chi connectivity index (χ1) is 13.5. The molecule has 0 unspecified atom stereocenters. The Kier molecular flexibility index (Phi) is 5.75. The molecule has 0 aliphatic carbocycles. The van der Waals surface area contributed by atoms with Crippen LogP contribution in [0.3, 0.4) is 0 Å². The lowest BCUT2D eigenvalue weighted by molar-refractivity contribution is 0.206. The fourth-order valence-corrected chi connectivity index (χ4v) is 3.14. The van der Waals surface area contributed by atoms with Gasteiger partial charge >= 0.3 is 6.03 Å². The predicted molar refractivity (Wildman–Crippen MR) is 108 cm³/mol. The monoisotopic (exact) mass is 373 g/mol. The number of nitriles is 1. The van der Waals surface area contributed by atoms with Gasteiger partial charge in [0, 0.05) is 31.4 Å². The summed E-state index contributed by atoms with van der Waals surface area (Å²) in [5, 5.41) is 16.6. The average Bonchev–Trinajstić information content (AvgIpc) is 3.00. The lowest BCUT2D eigenvalue weighted by Gasteiger charge is -2.18. The minimum atomic E-state index is -0.173. The summed E-state index contributed by atoms with van der Waals surface area (Å²) in [4.78, 5) is 14.1. The van der Waals surface area contributed by atoms with E-state index in [-0.39, 0.29) is 6.03 Å². The molecule has 1 N–H and O–H groups in total. The number of para-hydroxylation sites is 1. The number of hydrogen-bond donors (Lipinski definition) is 1. The average molecular weight is 373 g/mol. The first kappa shape index (κ1) is 19.2. The lowest BCUT2D eigenvalue weighted by Crippen LogP contribution is -2.36. The number of aromatic nitrogens is 2. The number of carbonyl (C=O) groups is 1. The van der Waals surface area contributed by atoms with Gasteiger partial charge in [0.05, 0.1) is 23.0 Å². The van der Waals surface area contributed by atoms with Crippen molar-refractivity contribution in [3.63, 3.8) is 0 Å². The van der Waals surface area contributed by atoms with Gasteiger partial charge in [0.1, 0.15) is 0 Å². The summed E-state index contributed by atoms with van der Waals surface area (Å²) >= 11 is 0. The van der Waals surface area contributed by atoms with Gasteiger partial charge in [0.15, 0.2) is 0 Å². The van der Waals surface area contributed by atoms with Crippen LogP contribution < -0.4 is 5.32 Å². The lowest BCUT2D eigenvalue weighted by atomic mass is 10.1. The molecule has 0 spiro atoms. The van der Waals surface area contributed by atoms with Gasteiger partial charge in [0.25, 0.3) is 0 Å². The fourth-order valence-electron chi connectivity index (χ4n) is 3.14. The zero-order valence-electron chi connectivity index (χ0n) is 16.3. The molecule has 6 nitrogen and oxygen atoms in total. The highest BCUT2D eigenvalue weighted by molar-refractivity contribution is 5.74. The number of urea groups is 1. The quantitative estimate of drug-likeness (QED) is 0.741. The highest BCUT2D eigenvalue weighted by Crippen LogP contribution is 2.17. The molecule has 2 amide bonds. The second kappa shape index (κ2) is 8.40. The van der Waals surface area contributed by atoms with Crippen LogP contribution >= 0.6 is 0 Å². The predicted octanol–water partition coefficient (Wildman–Crippen LogP) is 3.70. The Morgan fingerprint density at radius 3 is 2.64 bits per heavy atom. The van der Waals surface area contributed by atoms with Gasteiger partial charge in [-0.05, 0) is 43.7 Å². The summed E-state index contributed by atoms with van der Waals surface area (Å²) in [7, 11) is 1.74. The summed E-state index contributed by atoms with van der Waals surface area (Å²) in [5.41, 5.74) is 5.42. The second-order valence-corrected chi connectivity index (χ2v) is 6.72. The van der Waals surface area contributed by atoms with Crippen molar-refractivity contribution >= 4 is 6.03 Å². The van der Waals surface area contributed by atoms with E-state index in [2.05, 4.69) is 16.5 Å². The van der Waals surface area contributed by atoms with Gasteiger partial charge in [-0.15, -0.1) is 0 Å². The van der Waals surface area contributed by atoms with Crippen LogP contribution in [-0.2, 0) is 13.1 Å². The molecule has 142 valence electrons. The minimum Gasteiger partial charge on any atom is -0.334 e. The van der Waals surface area contributed by atoms with E-state index in [1.807, 2.05) is 61.0 Å². The summed E-state index contributed by atoms with van der Waals surface area (Å²) in [6.07, 6.45) is 0. The molecular formula is C22H23N5O. The van der Waals surface area contributed by atoms with Crippen molar-refractivity contribution in [3.05, 3.63) is 82.7 Å². The molecule has 0 saturated heterocycles. The Labute approximate surface area is 165 Å². The molecule has 0 saturated carbocycles. The SMILES string of the molecule is Cc1nn(-c2ccccc2)c(C)c1CNC(=O)N(C)Cc1cccc(C#N)c1. The van der Waals surface area contributed by atoms with Gasteiger partial charge in [-0.2, -0.15) is 10.4 Å². The van der Waals surface area contributed by atoms with Crippen molar-refractivity contribution < 1.29 is 4.79 Å². The number of rotatable bonds is 5. The van der Waals surface area contributed by atoms with Gasteiger partial charge in [0.2, 0.25) is 0 Å². The Balaban J connectivity index is 1.66. The molecule has 1 heterocycles. The largest absolute Gasteiger partial charge is 0.334 e. The molecule has 0 bridgehead atoms. The third kappa shape index (κ3) is 4.21. The highest BCUT2D eigenvalue weighted by Gasteiger charge is 2.15. The van der Waals surface area contributed by atoms with E-state index >= 15 is 0 Å².